The third-order valence-corrected chi connectivity index (χ3v) is 2.84. The Labute approximate surface area is 98.5 Å². The summed E-state index contributed by atoms with van der Waals surface area (Å²) in [5, 5.41) is 9.49. The maximum Gasteiger partial charge on any atom is 0.136 e. The smallest absolute Gasteiger partial charge is 0.136 e. The minimum absolute atomic E-state index is 0.0664. The third-order valence-electron chi connectivity index (χ3n) is 2.41. The molecule has 0 spiro atoms. The van der Waals surface area contributed by atoms with E-state index in [4.69, 9.17) is 16.7 Å². The molecule has 2 aromatic rings. The zero-order valence-electron chi connectivity index (χ0n) is 8.89. The highest BCUT2D eigenvalue weighted by molar-refractivity contribution is 6.32. The lowest BCUT2D eigenvalue weighted by molar-refractivity contribution is 0.295. The van der Waals surface area contributed by atoms with Gasteiger partial charge in [0, 0.05) is 31.4 Å². The van der Waals surface area contributed by atoms with Crippen LogP contribution >= 0.6 is 11.6 Å². The van der Waals surface area contributed by atoms with Gasteiger partial charge in [-0.3, -0.25) is 4.98 Å². The quantitative estimate of drug-likeness (QED) is 0.884. The summed E-state index contributed by atoms with van der Waals surface area (Å²) in [5.74, 6) is 0.777. The SMILES string of the molecule is Cn1c(CCO)nc(-c2ccncc2)c1Cl. The van der Waals surface area contributed by atoms with Gasteiger partial charge in [-0.1, -0.05) is 11.6 Å². The van der Waals surface area contributed by atoms with E-state index in [1.165, 1.54) is 0 Å². The second kappa shape index (κ2) is 4.63. The summed E-state index contributed by atoms with van der Waals surface area (Å²) in [6, 6.07) is 3.72. The Kier molecular flexibility index (Phi) is 3.22. The van der Waals surface area contributed by atoms with Crippen molar-refractivity contribution < 1.29 is 5.11 Å². The number of aliphatic hydroxyl groups is 1. The Morgan fingerprint density at radius 2 is 2.06 bits per heavy atom. The predicted octanol–water partition coefficient (Wildman–Crippen LogP) is 1.67. The second-order valence-corrected chi connectivity index (χ2v) is 3.79. The number of hydrogen-bond donors (Lipinski definition) is 1. The van der Waals surface area contributed by atoms with Crippen LogP contribution < -0.4 is 0 Å². The van der Waals surface area contributed by atoms with E-state index in [0.29, 0.717) is 11.6 Å². The topological polar surface area (TPSA) is 50.9 Å². The van der Waals surface area contributed by atoms with Gasteiger partial charge in [-0.15, -0.1) is 0 Å². The summed E-state index contributed by atoms with van der Waals surface area (Å²) in [6.45, 7) is 0.0664. The van der Waals surface area contributed by atoms with Crippen molar-refractivity contribution in [3.63, 3.8) is 0 Å². The van der Waals surface area contributed by atoms with E-state index in [1.54, 1.807) is 17.0 Å². The fourth-order valence-electron chi connectivity index (χ4n) is 1.54. The molecular formula is C11H12ClN3O. The summed E-state index contributed by atoms with van der Waals surface area (Å²) in [4.78, 5) is 8.36. The average Bonchev–Trinajstić information content (AvgIpc) is 2.59. The van der Waals surface area contributed by atoms with Crippen LogP contribution in [0.4, 0.5) is 0 Å². The standard InChI is InChI=1S/C11H12ClN3O/c1-15-9(4-7-16)14-10(11(15)12)8-2-5-13-6-3-8/h2-3,5-6,16H,4,7H2,1H3. The van der Waals surface area contributed by atoms with E-state index in [-0.39, 0.29) is 6.61 Å². The van der Waals surface area contributed by atoms with Gasteiger partial charge in [0.2, 0.25) is 0 Å². The van der Waals surface area contributed by atoms with Gasteiger partial charge in [0.1, 0.15) is 16.7 Å². The zero-order valence-corrected chi connectivity index (χ0v) is 9.65. The molecule has 0 aliphatic rings. The highest BCUT2D eigenvalue weighted by Crippen LogP contribution is 2.27. The molecule has 0 saturated carbocycles. The molecule has 0 saturated heterocycles. The van der Waals surface area contributed by atoms with Crippen LogP contribution in [0.15, 0.2) is 24.5 Å². The maximum atomic E-state index is 8.91. The fraction of sp³-hybridized carbons (Fsp3) is 0.273. The van der Waals surface area contributed by atoms with Crippen molar-refractivity contribution in [3.05, 3.63) is 35.5 Å². The first-order chi connectivity index (χ1) is 7.74. The molecule has 2 heterocycles. The fourth-order valence-corrected chi connectivity index (χ4v) is 1.79. The van der Waals surface area contributed by atoms with Crippen LogP contribution in [0.3, 0.4) is 0 Å². The lowest BCUT2D eigenvalue weighted by Gasteiger charge is -1.98. The van der Waals surface area contributed by atoms with E-state index in [1.807, 2.05) is 19.2 Å². The molecule has 0 amide bonds. The Morgan fingerprint density at radius 1 is 1.38 bits per heavy atom. The molecule has 0 aliphatic carbocycles. The van der Waals surface area contributed by atoms with Gasteiger partial charge in [-0.2, -0.15) is 0 Å². The molecule has 0 aromatic carbocycles. The highest BCUT2D eigenvalue weighted by Gasteiger charge is 2.13. The van der Waals surface area contributed by atoms with E-state index in [9.17, 15) is 0 Å². The summed E-state index contributed by atoms with van der Waals surface area (Å²) < 4.78 is 1.79. The number of rotatable bonds is 3. The van der Waals surface area contributed by atoms with Crippen LogP contribution in [0.25, 0.3) is 11.3 Å². The van der Waals surface area contributed by atoms with E-state index >= 15 is 0 Å². The lowest BCUT2D eigenvalue weighted by Crippen LogP contribution is -2.00. The molecule has 5 heteroatoms. The molecule has 0 radical (unpaired) electrons. The Bertz CT molecular complexity index is 481. The van der Waals surface area contributed by atoms with Gasteiger partial charge in [-0.25, -0.2) is 4.98 Å². The molecule has 0 atom stereocenters. The number of aromatic nitrogens is 3. The molecule has 2 aromatic heterocycles. The van der Waals surface area contributed by atoms with E-state index < -0.39 is 0 Å². The van der Waals surface area contributed by atoms with Crippen LogP contribution in [0, 0.1) is 0 Å². The van der Waals surface area contributed by atoms with Gasteiger partial charge >= 0.3 is 0 Å². The molecular weight excluding hydrogens is 226 g/mol. The molecule has 16 heavy (non-hydrogen) atoms. The number of hydrogen-bond acceptors (Lipinski definition) is 3. The first kappa shape index (κ1) is 11.1. The van der Waals surface area contributed by atoms with Crippen LogP contribution in [0.1, 0.15) is 5.82 Å². The number of nitrogens with zero attached hydrogens (tertiary/aromatic N) is 3. The molecule has 0 fully saturated rings. The van der Waals surface area contributed by atoms with Crippen molar-refractivity contribution in [2.45, 2.75) is 6.42 Å². The van der Waals surface area contributed by atoms with Crippen LogP contribution in [0.5, 0.6) is 0 Å². The van der Waals surface area contributed by atoms with Crippen molar-refractivity contribution in [1.82, 2.24) is 14.5 Å². The van der Waals surface area contributed by atoms with Gasteiger partial charge in [0.15, 0.2) is 0 Å². The summed E-state index contributed by atoms with van der Waals surface area (Å²) in [5.41, 5.74) is 1.66. The van der Waals surface area contributed by atoms with Crippen molar-refractivity contribution in [3.8, 4) is 11.3 Å². The first-order valence-electron chi connectivity index (χ1n) is 4.96. The summed E-state index contributed by atoms with van der Waals surface area (Å²) in [6.07, 6.45) is 3.90. The number of pyridine rings is 1. The molecule has 84 valence electrons. The zero-order chi connectivity index (χ0) is 11.5. The largest absolute Gasteiger partial charge is 0.396 e. The molecule has 0 bridgehead atoms. The number of halogens is 1. The minimum atomic E-state index is 0.0664. The minimum Gasteiger partial charge on any atom is -0.396 e. The third kappa shape index (κ3) is 1.94. The highest BCUT2D eigenvalue weighted by atomic mass is 35.5. The average molecular weight is 238 g/mol. The van der Waals surface area contributed by atoms with Crippen molar-refractivity contribution in [2.24, 2.45) is 7.05 Å². The molecule has 2 rings (SSSR count). The molecule has 1 N–H and O–H groups in total. The van der Waals surface area contributed by atoms with Crippen LogP contribution in [-0.2, 0) is 13.5 Å². The van der Waals surface area contributed by atoms with E-state index in [2.05, 4.69) is 9.97 Å². The normalized spacial score (nSPS) is 10.7. The molecule has 0 aliphatic heterocycles. The summed E-state index contributed by atoms with van der Waals surface area (Å²) >= 11 is 6.18. The lowest BCUT2D eigenvalue weighted by atomic mass is 10.2. The predicted molar refractivity (Wildman–Crippen MR) is 62.2 cm³/mol. The Morgan fingerprint density at radius 3 is 2.69 bits per heavy atom. The molecule has 4 nitrogen and oxygen atoms in total. The summed E-state index contributed by atoms with van der Waals surface area (Å²) in [7, 11) is 1.84. The Balaban J connectivity index is 2.46. The van der Waals surface area contributed by atoms with Crippen molar-refractivity contribution in [2.75, 3.05) is 6.61 Å². The monoisotopic (exact) mass is 237 g/mol. The van der Waals surface area contributed by atoms with E-state index in [0.717, 1.165) is 17.1 Å². The van der Waals surface area contributed by atoms with Gasteiger partial charge in [-0.05, 0) is 12.1 Å². The second-order valence-electron chi connectivity index (χ2n) is 3.44. The van der Waals surface area contributed by atoms with Gasteiger partial charge < -0.3 is 9.67 Å². The maximum absolute atomic E-state index is 8.91. The van der Waals surface area contributed by atoms with Crippen LogP contribution in [-0.4, -0.2) is 26.2 Å². The first-order valence-corrected chi connectivity index (χ1v) is 5.34. The molecule has 0 unspecified atom stereocenters. The number of aliphatic hydroxyl groups excluding tert-OH is 1. The van der Waals surface area contributed by atoms with Crippen molar-refractivity contribution in [1.29, 1.82) is 0 Å². The Hall–Kier alpha value is -1.39. The van der Waals surface area contributed by atoms with Crippen molar-refractivity contribution >= 4 is 11.6 Å². The van der Waals surface area contributed by atoms with Gasteiger partial charge in [0.25, 0.3) is 0 Å². The van der Waals surface area contributed by atoms with Gasteiger partial charge in [0.05, 0.1) is 6.61 Å². The number of imidazole rings is 1. The van der Waals surface area contributed by atoms with Crippen LogP contribution in [0.2, 0.25) is 5.15 Å².